The van der Waals surface area contributed by atoms with Crippen molar-refractivity contribution >= 4 is 139 Å². The standard InChI is InChI=1S/C45H44Br8O11/c1-7-38(57)59-17-27(54)19-61-40-30(46)9-23(10-31(40)47)44(3,4)25-13-34(50)42(35(51)14-25)63-21-29(56)22-64-43-36(52)15-26(16-37(43)53)45(5,6)24-11-32(48)41(33(49)12-24)62-20-28(55)18-60-39(58)8-2/h7-16,27-29,54-56H,1-2,17-22H2,3-6H3. The first-order valence-corrected chi connectivity index (χ1v) is 25.5. The topological polar surface area (TPSA) is 150 Å². The number of rotatable bonds is 22. The van der Waals surface area contributed by atoms with Crippen molar-refractivity contribution in [3.05, 3.63) is 132 Å². The van der Waals surface area contributed by atoms with Gasteiger partial charge in [0.25, 0.3) is 0 Å². The fourth-order valence-electron chi connectivity index (χ4n) is 5.90. The summed E-state index contributed by atoms with van der Waals surface area (Å²) in [4.78, 5) is 22.6. The number of aliphatic hydroxyl groups excluding tert-OH is 3. The molecular formula is C45H44Br8O11. The SMILES string of the molecule is C=CC(=O)OCC(O)COc1c(Br)cc(C(C)(C)c2cc(Br)c(OCC(O)COc3c(Br)cc(C(C)(C)c4cc(Br)c(OCC(O)COC(=O)C=C)c(Br)c4)cc3Br)c(Br)c2)cc1Br. The highest BCUT2D eigenvalue weighted by atomic mass is 79.9. The number of benzene rings is 4. The van der Waals surface area contributed by atoms with E-state index in [0.717, 1.165) is 34.4 Å². The quantitative estimate of drug-likeness (QED) is 0.0510. The van der Waals surface area contributed by atoms with Gasteiger partial charge in [-0.15, -0.1) is 0 Å². The molecule has 0 aliphatic carbocycles. The maximum Gasteiger partial charge on any atom is 0.330 e. The molecule has 19 heteroatoms. The molecule has 0 amide bonds. The molecule has 0 saturated heterocycles. The van der Waals surface area contributed by atoms with E-state index in [1.165, 1.54) is 0 Å². The third kappa shape index (κ3) is 14.6. The number of ether oxygens (including phenoxy) is 6. The lowest BCUT2D eigenvalue weighted by molar-refractivity contribution is -0.142. The Bertz CT molecular complexity index is 2100. The monoisotopic (exact) mass is 1390 g/mol. The van der Waals surface area contributed by atoms with Crippen LogP contribution in [-0.2, 0) is 29.9 Å². The van der Waals surface area contributed by atoms with Gasteiger partial charge in [0, 0.05) is 23.0 Å². The van der Waals surface area contributed by atoms with Crippen LogP contribution in [0.2, 0.25) is 0 Å². The highest BCUT2D eigenvalue weighted by Crippen LogP contribution is 2.46. The van der Waals surface area contributed by atoms with Crippen LogP contribution in [0.3, 0.4) is 0 Å². The number of carbonyl (C=O) groups excluding carboxylic acids is 2. The molecule has 3 N–H and O–H groups in total. The molecule has 4 aromatic carbocycles. The normalized spacial score (nSPS) is 13.0. The predicted molar refractivity (Wildman–Crippen MR) is 274 cm³/mol. The van der Waals surface area contributed by atoms with Crippen LogP contribution < -0.4 is 18.9 Å². The zero-order valence-corrected chi connectivity index (χ0v) is 47.5. The van der Waals surface area contributed by atoms with E-state index >= 15 is 0 Å². The molecule has 4 aromatic rings. The van der Waals surface area contributed by atoms with E-state index in [1.54, 1.807) is 0 Å². The minimum Gasteiger partial charge on any atom is -0.488 e. The third-order valence-electron chi connectivity index (χ3n) is 9.73. The molecule has 0 aliphatic rings. The van der Waals surface area contributed by atoms with Crippen LogP contribution >= 0.6 is 127 Å². The Labute approximate surface area is 439 Å². The molecule has 0 spiro atoms. The van der Waals surface area contributed by atoms with Crippen molar-refractivity contribution in [2.24, 2.45) is 0 Å². The molecule has 346 valence electrons. The van der Waals surface area contributed by atoms with Crippen molar-refractivity contribution in [2.45, 2.75) is 56.8 Å². The molecule has 0 radical (unpaired) electrons. The van der Waals surface area contributed by atoms with E-state index in [0.29, 0.717) is 58.8 Å². The van der Waals surface area contributed by atoms with Gasteiger partial charge in [-0.05, 0) is 198 Å². The molecule has 0 bridgehead atoms. The minimum atomic E-state index is -1.03. The van der Waals surface area contributed by atoms with E-state index in [4.69, 9.17) is 28.4 Å². The van der Waals surface area contributed by atoms with E-state index in [9.17, 15) is 24.9 Å². The Hall–Kier alpha value is -1.78. The lowest BCUT2D eigenvalue weighted by Gasteiger charge is -2.29. The Kier molecular flexibility index (Phi) is 21.0. The summed E-state index contributed by atoms with van der Waals surface area (Å²) in [6.07, 6.45) is -0.996. The zero-order chi connectivity index (χ0) is 47.7. The third-order valence-corrected chi connectivity index (χ3v) is 14.4. The summed E-state index contributed by atoms with van der Waals surface area (Å²) >= 11 is 29.1. The Morgan fingerprint density at radius 2 is 0.641 bits per heavy atom. The summed E-state index contributed by atoms with van der Waals surface area (Å²) in [6, 6.07) is 15.6. The average Bonchev–Trinajstić information content (AvgIpc) is 3.22. The minimum absolute atomic E-state index is 0.0573. The van der Waals surface area contributed by atoms with Crippen LogP contribution in [0.5, 0.6) is 23.0 Å². The van der Waals surface area contributed by atoms with Crippen LogP contribution in [0.15, 0.2) is 110 Å². The summed E-state index contributed by atoms with van der Waals surface area (Å²) in [5.41, 5.74) is 2.82. The fourth-order valence-corrected chi connectivity index (χ4v) is 11.6. The van der Waals surface area contributed by atoms with Gasteiger partial charge in [-0.25, -0.2) is 9.59 Å². The van der Waals surface area contributed by atoms with Crippen LogP contribution in [0.1, 0.15) is 49.9 Å². The summed E-state index contributed by atoms with van der Waals surface area (Å²) in [5.74, 6) is 0.740. The molecule has 4 rings (SSSR count). The number of carbonyl (C=O) groups is 2. The first kappa shape index (κ1) is 54.8. The molecular weight excluding hydrogens is 1360 g/mol. The highest BCUT2D eigenvalue weighted by molar-refractivity contribution is 9.12. The highest BCUT2D eigenvalue weighted by Gasteiger charge is 2.30. The molecule has 0 fully saturated rings. The molecule has 0 saturated carbocycles. The first-order chi connectivity index (χ1) is 30.0. The largest absolute Gasteiger partial charge is 0.488 e. The van der Waals surface area contributed by atoms with Crippen LogP contribution in [0.4, 0.5) is 0 Å². The maximum absolute atomic E-state index is 11.3. The van der Waals surface area contributed by atoms with E-state index in [2.05, 4.69) is 168 Å². The second kappa shape index (κ2) is 24.5. The number of halogens is 8. The average molecular weight is 1400 g/mol. The van der Waals surface area contributed by atoms with E-state index in [-0.39, 0.29) is 39.6 Å². The van der Waals surface area contributed by atoms with Crippen LogP contribution in [0, 0.1) is 0 Å². The Balaban J connectivity index is 1.38. The van der Waals surface area contributed by atoms with Crippen molar-refractivity contribution in [1.82, 2.24) is 0 Å². The van der Waals surface area contributed by atoms with Crippen molar-refractivity contribution in [3.8, 4) is 23.0 Å². The van der Waals surface area contributed by atoms with Gasteiger partial charge in [0.05, 0.1) is 35.8 Å². The second-order valence-electron chi connectivity index (χ2n) is 15.2. The predicted octanol–water partition coefficient (Wildman–Crippen LogP) is 12.2. The molecule has 11 nitrogen and oxygen atoms in total. The summed E-state index contributed by atoms with van der Waals surface area (Å²) < 4.78 is 39.0. The molecule has 64 heavy (non-hydrogen) atoms. The van der Waals surface area contributed by atoms with Gasteiger partial charge in [-0.3, -0.25) is 0 Å². The maximum atomic E-state index is 11.3. The van der Waals surface area contributed by atoms with Crippen molar-refractivity contribution in [2.75, 3.05) is 39.6 Å². The number of hydrogen-bond donors (Lipinski definition) is 3. The molecule has 2 unspecified atom stereocenters. The first-order valence-electron chi connectivity index (χ1n) is 19.1. The van der Waals surface area contributed by atoms with Gasteiger partial charge < -0.3 is 43.7 Å². The van der Waals surface area contributed by atoms with E-state index in [1.807, 2.05) is 48.5 Å². The molecule has 0 aliphatic heterocycles. The number of esters is 2. The van der Waals surface area contributed by atoms with E-state index < -0.39 is 41.1 Å². The Morgan fingerprint density at radius 3 is 0.828 bits per heavy atom. The van der Waals surface area contributed by atoms with Gasteiger partial charge in [0.15, 0.2) is 0 Å². The van der Waals surface area contributed by atoms with Gasteiger partial charge in [-0.1, -0.05) is 40.9 Å². The lowest BCUT2D eigenvalue weighted by atomic mass is 9.78. The van der Waals surface area contributed by atoms with Gasteiger partial charge in [0.1, 0.15) is 81.0 Å². The molecule has 2 atom stereocenters. The van der Waals surface area contributed by atoms with Crippen molar-refractivity contribution in [3.63, 3.8) is 0 Å². The lowest BCUT2D eigenvalue weighted by Crippen LogP contribution is -2.26. The van der Waals surface area contributed by atoms with Crippen molar-refractivity contribution in [1.29, 1.82) is 0 Å². The van der Waals surface area contributed by atoms with Gasteiger partial charge >= 0.3 is 11.9 Å². The number of aliphatic hydroxyl groups is 3. The van der Waals surface area contributed by atoms with Gasteiger partial charge in [-0.2, -0.15) is 0 Å². The van der Waals surface area contributed by atoms with Crippen LogP contribution in [-0.4, -0.2) is 85.2 Å². The summed E-state index contributed by atoms with van der Waals surface area (Å²) in [5, 5.41) is 31.4. The summed E-state index contributed by atoms with van der Waals surface area (Å²) in [6.45, 7) is 14.2. The zero-order valence-electron chi connectivity index (χ0n) is 34.8. The van der Waals surface area contributed by atoms with Crippen molar-refractivity contribution < 1.29 is 53.3 Å². The number of hydrogen-bond acceptors (Lipinski definition) is 11. The Morgan fingerprint density at radius 1 is 0.453 bits per heavy atom. The fraction of sp³-hybridized carbons (Fsp3) is 0.333. The second-order valence-corrected chi connectivity index (χ2v) is 22.0. The molecule has 0 heterocycles. The van der Waals surface area contributed by atoms with Gasteiger partial charge in [0.2, 0.25) is 0 Å². The summed E-state index contributed by atoms with van der Waals surface area (Å²) in [7, 11) is 0. The van der Waals surface area contributed by atoms with Crippen LogP contribution in [0.25, 0.3) is 0 Å². The smallest absolute Gasteiger partial charge is 0.330 e. The molecule has 0 aromatic heterocycles.